The average Bonchev–Trinajstić information content (AvgIpc) is 2.35. The van der Waals surface area contributed by atoms with Crippen LogP contribution in [0.1, 0.15) is 17.3 Å². The number of nitrogens with two attached hydrogens (primary N) is 1. The van der Waals surface area contributed by atoms with Crippen molar-refractivity contribution in [1.82, 2.24) is 4.90 Å². The predicted molar refractivity (Wildman–Crippen MR) is 66.7 cm³/mol. The maximum Gasteiger partial charge on any atom is 0.323 e. The quantitative estimate of drug-likeness (QED) is 0.459. The number of carboxylic acid groups (broad SMARTS) is 1. The number of nitro benzene ring substituents is 1. The minimum atomic E-state index is -1.15. The highest BCUT2D eigenvalue weighted by atomic mass is 16.6. The van der Waals surface area contributed by atoms with Crippen molar-refractivity contribution in [3.05, 3.63) is 33.9 Å². The molecule has 1 amide bonds. The molecule has 3 N–H and O–H groups in total. The maximum atomic E-state index is 12.0. The number of amides is 1. The Morgan fingerprint density at radius 2 is 2.11 bits per heavy atom. The Morgan fingerprint density at radius 1 is 1.47 bits per heavy atom. The zero-order valence-electron chi connectivity index (χ0n) is 10.2. The second-order valence-corrected chi connectivity index (χ2v) is 3.74. The molecule has 0 saturated heterocycles. The molecule has 0 radical (unpaired) electrons. The molecule has 8 heteroatoms. The van der Waals surface area contributed by atoms with Crippen LogP contribution in [0.5, 0.6) is 0 Å². The predicted octanol–water partition coefficient (Wildman–Crippen LogP) is 0.724. The van der Waals surface area contributed by atoms with Crippen LogP contribution in [0.2, 0.25) is 0 Å². The van der Waals surface area contributed by atoms with Crippen LogP contribution in [0.4, 0.5) is 11.4 Å². The molecule has 0 aromatic heterocycles. The van der Waals surface area contributed by atoms with Crippen molar-refractivity contribution in [3.63, 3.8) is 0 Å². The van der Waals surface area contributed by atoms with Crippen molar-refractivity contribution in [2.24, 2.45) is 0 Å². The van der Waals surface area contributed by atoms with E-state index >= 15 is 0 Å². The molecule has 102 valence electrons. The molecule has 0 aliphatic rings. The summed E-state index contributed by atoms with van der Waals surface area (Å²) in [6, 6.07) is 3.62. The first-order chi connectivity index (χ1) is 8.86. The summed E-state index contributed by atoms with van der Waals surface area (Å²) in [5.41, 5.74) is 5.02. The van der Waals surface area contributed by atoms with Crippen molar-refractivity contribution >= 4 is 23.3 Å². The molecule has 0 aliphatic carbocycles. The smallest absolute Gasteiger partial charge is 0.323 e. The zero-order chi connectivity index (χ0) is 14.6. The number of anilines is 1. The maximum absolute atomic E-state index is 12.0. The van der Waals surface area contributed by atoms with Crippen LogP contribution in [0.3, 0.4) is 0 Å². The molecule has 8 nitrogen and oxygen atoms in total. The van der Waals surface area contributed by atoms with E-state index < -0.39 is 23.3 Å². The number of aliphatic carboxylic acids is 1. The number of nitro groups is 1. The molecule has 1 rings (SSSR count). The standard InChI is InChI=1S/C11H13N3O5/c1-2-13(6-10(15)16)11(17)7-3-4-8(12)9(5-7)14(18)19/h3-5H,2,6,12H2,1H3,(H,15,16). The normalized spacial score (nSPS) is 9.95. The highest BCUT2D eigenvalue weighted by molar-refractivity contribution is 5.97. The number of hydrogen-bond donors (Lipinski definition) is 2. The molecular formula is C11H13N3O5. The minimum Gasteiger partial charge on any atom is -0.480 e. The molecule has 0 bridgehead atoms. The molecule has 19 heavy (non-hydrogen) atoms. The number of nitrogen functional groups attached to an aromatic ring is 1. The average molecular weight is 267 g/mol. The number of hydrogen-bond acceptors (Lipinski definition) is 5. The zero-order valence-corrected chi connectivity index (χ0v) is 10.2. The second kappa shape index (κ2) is 5.80. The minimum absolute atomic E-state index is 0.0315. The first kappa shape index (κ1) is 14.4. The summed E-state index contributed by atoms with van der Waals surface area (Å²) in [6.45, 7) is 1.34. The van der Waals surface area contributed by atoms with Crippen molar-refractivity contribution in [3.8, 4) is 0 Å². The molecule has 0 aliphatic heterocycles. The fourth-order valence-corrected chi connectivity index (χ4v) is 1.51. The number of nitrogens with zero attached hydrogens (tertiary/aromatic N) is 2. The Bertz CT molecular complexity index is 529. The highest BCUT2D eigenvalue weighted by Crippen LogP contribution is 2.23. The Labute approximate surface area is 108 Å². The van der Waals surface area contributed by atoms with Gasteiger partial charge in [0.05, 0.1) is 4.92 Å². The van der Waals surface area contributed by atoms with E-state index in [1.807, 2.05) is 0 Å². The summed E-state index contributed by atoms with van der Waals surface area (Å²) >= 11 is 0. The third kappa shape index (κ3) is 3.41. The fraction of sp³-hybridized carbons (Fsp3) is 0.273. The number of carbonyl (C=O) groups is 2. The van der Waals surface area contributed by atoms with E-state index in [0.29, 0.717) is 0 Å². The van der Waals surface area contributed by atoms with E-state index in [2.05, 4.69) is 0 Å². The molecule has 0 spiro atoms. The monoisotopic (exact) mass is 267 g/mol. The molecule has 0 atom stereocenters. The van der Waals surface area contributed by atoms with Crippen LogP contribution < -0.4 is 5.73 Å². The van der Waals surface area contributed by atoms with Crippen LogP contribution in [-0.4, -0.2) is 39.9 Å². The van der Waals surface area contributed by atoms with Gasteiger partial charge < -0.3 is 15.7 Å². The van der Waals surface area contributed by atoms with Crippen LogP contribution in [0, 0.1) is 10.1 Å². The summed E-state index contributed by atoms with van der Waals surface area (Å²) < 4.78 is 0. The van der Waals surface area contributed by atoms with Crippen LogP contribution in [-0.2, 0) is 4.79 Å². The lowest BCUT2D eigenvalue weighted by molar-refractivity contribution is -0.383. The molecule has 0 unspecified atom stereocenters. The van der Waals surface area contributed by atoms with Gasteiger partial charge in [-0.05, 0) is 19.1 Å². The highest BCUT2D eigenvalue weighted by Gasteiger charge is 2.20. The number of likely N-dealkylation sites (N-methyl/N-ethyl adjacent to an activating group) is 1. The van der Waals surface area contributed by atoms with E-state index in [4.69, 9.17) is 10.8 Å². The van der Waals surface area contributed by atoms with Crippen molar-refractivity contribution < 1.29 is 19.6 Å². The number of carbonyl (C=O) groups excluding carboxylic acids is 1. The van der Waals surface area contributed by atoms with E-state index in [9.17, 15) is 19.7 Å². The van der Waals surface area contributed by atoms with Crippen LogP contribution >= 0.6 is 0 Å². The number of rotatable bonds is 5. The largest absolute Gasteiger partial charge is 0.480 e. The number of benzene rings is 1. The van der Waals surface area contributed by atoms with Gasteiger partial charge in [-0.3, -0.25) is 19.7 Å². The molecule has 0 heterocycles. The van der Waals surface area contributed by atoms with E-state index in [0.717, 1.165) is 11.0 Å². The van der Waals surface area contributed by atoms with E-state index in [1.165, 1.54) is 12.1 Å². The van der Waals surface area contributed by atoms with Crippen molar-refractivity contribution in [2.75, 3.05) is 18.8 Å². The van der Waals surface area contributed by atoms with E-state index in [-0.39, 0.29) is 23.5 Å². The first-order valence-corrected chi connectivity index (χ1v) is 5.41. The van der Waals surface area contributed by atoms with E-state index in [1.54, 1.807) is 6.92 Å². The van der Waals surface area contributed by atoms with Crippen molar-refractivity contribution in [2.45, 2.75) is 6.92 Å². The summed E-state index contributed by atoms with van der Waals surface area (Å²) in [5, 5.41) is 19.4. The van der Waals surface area contributed by atoms with Crippen molar-refractivity contribution in [1.29, 1.82) is 0 Å². The van der Waals surface area contributed by atoms with Gasteiger partial charge in [0.15, 0.2) is 0 Å². The fourth-order valence-electron chi connectivity index (χ4n) is 1.51. The van der Waals surface area contributed by atoms with Gasteiger partial charge in [0.1, 0.15) is 12.2 Å². The Kier molecular flexibility index (Phi) is 4.41. The summed E-state index contributed by atoms with van der Waals surface area (Å²) in [5.74, 6) is -1.74. The van der Waals surface area contributed by atoms with Gasteiger partial charge >= 0.3 is 5.97 Å². The van der Waals surface area contributed by atoms with Gasteiger partial charge in [-0.1, -0.05) is 0 Å². The van der Waals surface area contributed by atoms with Crippen LogP contribution in [0.25, 0.3) is 0 Å². The Hall–Kier alpha value is -2.64. The topological polar surface area (TPSA) is 127 Å². The van der Waals surface area contributed by atoms with Gasteiger partial charge in [0.2, 0.25) is 0 Å². The van der Waals surface area contributed by atoms with Gasteiger partial charge in [-0.2, -0.15) is 0 Å². The molecule has 1 aromatic rings. The second-order valence-electron chi connectivity index (χ2n) is 3.74. The molecule has 0 saturated carbocycles. The van der Waals surface area contributed by atoms with Gasteiger partial charge in [0.25, 0.3) is 11.6 Å². The third-order valence-corrected chi connectivity index (χ3v) is 2.47. The Balaban J connectivity index is 3.08. The molecular weight excluding hydrogens is 254 g/mol. The van der Waals surface area contributed by atoms with Gasteiger partial charge in [0, 0.05) is 18.2 Å². The third-order valence-electron chi connectivity index (χ3n) is 2.47. The lowest BCUT2D eigenvalue weighted by Crippen LogP contribution is -2.35. The molecule has 1 aromatic carbocycles. The first-order valence-electron chi connectivity index (χ1n) is 5.41. The summed E-state index contributed by atoms with van der Waals surface area (Å²) in [4.78, 5) is 33.7. The lowest BCUT2D eigenvalue weighted by atomic mass is 10.1. The van der Waals surface area contributed by atoms with Crippen LogP contribution in [0.15, 0.2) is 18.2 Å². The summed E-state index contributed by atoms with van der Waals surface area (Å²) in [6.07, 6.45) is 0. The summed E-state index contributed by atoms with van der Waals surface area (Å²) in [7, 11) is 0. The Morgan fingerprint density at radius 3 is 2.58 bits per heavy atom. The number of carboxylic acids is 1. The van der Waals surface area contributed by atoms with Gasteiger partial charge in [-0.15, -0.1) is 0 Å². The molecule has 0 fully saturated rings. The van der Waals surface area contributed by atoms with Gasteiger partial charge in [-0.25, -0.2) is 0 Å². The lowest BCUT2D eigenvalue weighted by Gasteiger charge is -2.18. The SMILES string of the molecule is CCN(CC(=O)O)C(=O)c1ccc(N)c([N+](=O)[O-])c1.